The number of hydrogen-bond donors (Lipinski definition) is 1. The van der Waals surface area contributed by atoms with Gasteiger partial charge in [0, 0.05) is 24.7 Å². The van der Waals surface area contributed by atoms with Crippen molar-refractivity contribution in [3.8, 4) is 0 Å². The molecule has 1 saturated heterocycles. The molecule has 2 heterocycles. The molecule has 0 bridgehead atoms. The first kappa shape index (κ1) is 14.7. The summed E-state index contributed by atoms with van der Waals surface area (Å²) in [6, 6.07) is 0. The average molecular weight is 366 g/mol. The summed E-state index contributed by atoms with van der Waals surface area (Å²) in [4.78, 5) is 10.8. The standard InChI is InChI=1S/C11H18N4S.HI/c12-11(14-9-10-13-5-8-16-10)15-6-3-1-2-4-7-15;/h5,8H,1-4,6-7,9H2,(H2,12,14);1H. The summed E-state index contributed by atoms with van der Waals surface area (Å²) < 4.78 is 0. The molecule has 17 heavy (non-hydrogen) atoms. The van der Waals surface area contributed by atoms with E-state index in [1.165, 1.54) is 25.7 Å². The SMILES string of the molecule is I.NC(=NCc1nccs1)N1CCCCCC1. The summed E-state index contributed by atoms with van der Waals surface area (Å²) in [6.07, 6.45) is 6.89. The average Bonchev–Trinajstić information content (AvgIpc) is 2.66. The van der Waals surface area contributed by atoms with Crippen LogP contribution in [0.5, 0.6) is 0 Å². The van der Waals surface area contributed by atoms with Crippen molar-refractivity contribution in [2.24, 2.45) is 10.7 Å². The van der Waals surface area contributed by atoms with Gasteiger partial charge in [0.15, 0.2) is 5.96 Å². The van der Waals surface area contributed by atoms with E-state index in [-0.39, 0.29) is 24.0 Å². The molecule has 0 atom stereocenters. The Labute approximate surface area is 123 Å². The highest BCUT2D eigenvalue weighted by Gasteiger charge is 2.10. The van der Waals surface area contributed by atoms with E-state index in [1.807, 2.05) is 5.38 Å². The maximum atomic E-state index is 5.99. The minimum absolute atomic E-state index is 0. The summed E-state index contributed by atoms with van der Waals surface area (Å²) >= 11 is 1.62. The van der Waals surface area contributed by atoms with Crippen molar-refractivity contribution in [2.45, 2.75) is 32.2 Å². The van der Waals surface area contributed by atoms with E-state index in [9.17, 15) is 0 Å². The van der Waals surface area contributed by atoms with Gasteiger partial charge in [-0.1, -0.05) is 12.8 Å². The molecule has 6 heteroatoms. The first-order valence-corrected chi connectivity index (χ1v) is 6.67. The fraction of sp³-hybridized carbons (Fsp3) is 0.636. The molecule has 0 unspecified atom stereocenters. The van der Waals surface area contributed by atoms with Crippen molar-refractivity contribution in [1.29, 1.82) is 0 Å². The molecule has 0 aliphatic carbocycles. The summed E-state index contributed by atoms with van der Waals surface area (Å²) in [5, 5.41) is 2.99. The highest BCUT2D eigenvalue weighted by molar-refractivity contribution is 14.0. The summed E-state index contributed by atoms with van der Waals surface area (Å²) in [5.41, 5.74) is 5.99. The first-order chi connectivity index (χ1) is 7.86. The van der Waals surface area contributed by atoms with Crippen LogP contribution in [0.3, 0.4) is 0 Å². The van der Waals surface area contributed by atoms with E-state index in [0.717, 1.165) is 18.1 Å². The van der Waals surface area contributed by atoms with E-state index < -0.39 is 0 Å². The molecule has 0 aromatic carbocycles. The molecule has 1 aliphatic heterocycles. The van der Waals surface area contributed by atoms with Gasteiger partial charge in [0.2, 0.25) is 0 Å². The number of aliphatic imine (C=N–C) groups is 1. The predicted molar refractivity (Wildman–Crippen MR) is 82.9 cm³/mol. The number of guanidine groups is 1. The monoisotopic (exact) mass is 366 g/mol. The van der Waals surface area contributed by atoms with E-state index in [4.69, 9.17) is 5.73 Å². The molecule has 1 fully saturated rings. The van der Waals surface area contributed by atoms with Crippen molar-refractivity contribution in [1.82, 2.24) is 9.88 Å². The Balaban J connectivity index is 0.00000144. The third kappa shape index (κ3) is 4.79. The van der Waals surface area contributed by atoms with Crippen LogP contribution >= 0.6 is 35.3 Å². The van der Waals surface area contributed by atoms with Crippen LogP contribution in [-0.2, 0) is 6.54 Å². The fourth-order valence-corrected chi connectivity index (χ4v) is 2.42. The van der Waals surface area contributed by atoms with Gasteiger partial charge in [-0.2, -0.15) is 0 Å². The summed E-state index contributed by atoms with van der Waals surface area (Å²) in [6.45, 7) is 2.71. The number of rotatable bonds is 2. The van der Waals surface area contributed by atoms with Crippen molar-refractivity contribution in [2.75, 3.05) is 13.1 Å². The normalized spacial score (nSPS) is 17.4. The lowest BCUT2D eigenvalue weighted by molar-refractivity contribution is 0.428. The van der Waals surface area contributed by atoms with Gasteiger partial charge in [-0.15, -0.1) is 35.3 Å². The zero-order valence-electron chi connectivity index (χ0n) is 9.84. The first-order valence-electron chi connectivity index (χ1n) is 5.79. The van der Waals surface area contributed by atoms with Gasteiger partial charge in [-0.25, -0.2) is 9.98 Å². The Hall–Kier alpha value is -0.370. The Bertz CT molecular complexity index is 331. The maximum absolute atomic E-state index is 5.99. The van der Waals surface area contributed by atoms with Crippen LogP contribution in [0.1, 0.15) is 30.7 Å². The van der Waals surface area contributed by atoms with E-state index in [0.29, 0.717) is 12.5 Å². The Kier molecular flexibility index (Phi) is 6.79. The lowest BCUT2D eigenvalue weighted by Crippen LogP contribution is -2.38. The number of hydrogen-bond acceptors (Lipinski definition) is 3. The van der Waals surface area contributed by atoms with Gasteiger partial charge in [0.1, 0.15) is 5.01 Å². The second kappa shape index (κ2) is 7.86. The smallest absolute Gasteiger partial charge is 0.191 e. The molecule has 0 spiro atoms. The summed E-state index contributed by atoms with van der Waals surface area (Å²) in [7, 11) is 0. The Morgan fingerprint density at radius 1 is 1.35 bits per heavy atom. The number of aromatic nitrogens is 1. The van der Waals surface area contributed by atoms with Crippen molar-refractivity contribution in [3.05, 3.63) is 16.6 Å². The van der Waals surface area contributed by atoms with Crippen LogP contribution in [0.4, 0.5) is 0 Å². The van der Waals surface area contributed by atoms with Crippen molar-refractivity contribution >= 4 is 41.3 Å². The molecule has 2 N–H and O–H groups in total. The van der Waals surface area contributed by atoms with Gasteiger partial charge in [0.25, 0.3) is 0 Å². The fourth-order valence-electron chi connectivity index (χ4n) is 1.88. The number of nitrogens with zero attached hydrogens (tertiary/aromatic N) is 3. The summed E-state index contributed by atoms with van der Waals surface area (Å²) in [5.74, 6) is 0.678. The largest absolute Gasteiger partial charge is 0.370 e. The number of halogens is 1. The van der Waals surface area contributed by atoms with Gasteiger partial charge in [-0.3, -0.25) is 0 Å². The Morgan fingerprint density at radius 3 is 2.65 bits per heavy atom. The topological polar surface area (TPSA) is 54.5 Å². The zero-order valence-corrected chi connectivity index (χ0v) is 13.0. The maximum Gasteiger partial charge on any atom is 0.191 e. The van der Waals surface area contributed by atoms with Crippen LogP contribution < -0.4 is 5.73 Å². The molecule has 1 aromatic heterocycles. The lowest BCUT2D eigenvalue weighted by atomic mass is 10.2. The quantitative estimate of drug-likeness (QED) is 0.497. The van der Waals surface area contributed by atoms with E-state index in [1.54, 1.807) is 17.5 Å². The molecule has 2 rings (SSSR count). The lowest BCUT2D eigenvalue weighted by Gasteiger charge is -2.20. The molecule has 4 nitrogen and oxygen atoms in total. The molecule has 0 radical (unpaired) electrons. The van der Waals surface area contributed by atoms with Gasteiger partial charge >= 0.3 is 0 Å². The van der Waals surface area contributed by atoms with Crippen molar-refractivity contribution in [3.63, 3.8) is 0 Å². The molecule has 0 saturated carbocycles. The molecule has 1 aromatic rings. The van der Waals surface area contributed by atoms with Gasteiger partial charge < -0.3 is 10.6 Å². The van der Waals surface area contributed by atoms with Gasteiger partial charge in [-0.05, 0) is 12.8 Å². The van der Waals surface area contributed by atoms with Gasteiger partial charge in [0.05, 0.1) is 6.54 Å². The molecule has 1 aliphatic rings. The second-order valence-corrected chi connectivity index (χ2v) is 4.98. The van der Waals surface area contributed by atoms with Crippen LogP contribution in [0.25, 0.3) is 0 Å². The third-order valence-corrected chi connectivity index (χ3v) is 3.55. The van der Waals surface area contributed by atoms with Crippen molar-refractivity contribution < 1.29 is 0 Å². The highest BCUT2D eigenvalue weighted by Crippen LogP contribution is 2.10. The van der Waals surface area contributed by atoms with Crippen LogP contribution in [0.2, 0.25) is 0 Å². The van der Waals surface area contributed by atoms with Crippen LogP contribution in [0, 0.1) is 0 Å². The molecule has 0 amide bonds. The Morgan fingerprint density at radius 2 is 2.06 bits per heavy atom. The predicted octanol–water partition coefficient (Wildman–Crippen LogP) is 2.45. The zero-order chi connectivity index (χ0) is 11.2. The number of likely N-dealkylation sites (tertiary alicyclic amines) is 1. The third-order valence-electron chi connectivity index (χ3n) is 2.79. The molecule has 96 valence electrons. The molecular weight excluding hydrogens is 347 g/mol. The number of nitrogens with two attached hydrogens (primary N) is 1. The highest BCUT2D eigenvalue weighted by atomic mass is 127. The van der Waals surface area contributed by atoms with Crippen LogP contribution in [0.15, 0.2) is 16.6 Å². The van der Waals surface area contributed by atoms with Crippen LogP contribution in [-0.4, -0.2) is 28.9 Å². The second-order valence-electron chi connectivity index (χ2n) is 4.00. The molecular formula is C11H19IN4S. The van der Waals surface area contributed by atoms with E-state index >= 15 is 0 Å². The number of thiazole rings is 1. The van der Waals surface area contributed by atoms with E-state index in [2.05, 4.69) is 14.9 Å². The minimum Gasteiger partial charge on any atom is -0.370 e. The minimum atomic E-state index is 0.